The molecule has 6 nitrogen and oxygen atoms in total. The van der Waals surface area contributed by atoms with Crippen molar-refractivity contribution in [3.05, 3.63) is 76.8 Å². The SMILES string of the molecule is O=S(=O)(Cc1ccc(F)cc1)NCCc1csc2nc(-c3cccc(F)c3)nn12. The van der Waals surface area contributed by atoms with Crippen molar-refractivity contribution in [1.82, 2.24) is 19.3 Å². The lowest BCUT2D eigenvalue weighted by molar-refractivity contribution is 0.579. The van der Waals surface area contributed by atoms with E-state index >= 15 is 0 Å². The summed E-state index contributed by atoms with van der Waals surface area (Å²) in [5.74, 6) is -0.587. The normalized spacial score (nSPS) is 11.9. The molecule has 2 aromatic carbocycles. The van der Waals surface area contributed by atoms with Crippen LogP contribution in [0.5, 0.6) is 0 Å². The van der Waals surface area contributed by atoms with Crippen LogP contribution >= 0.6 is 11.3 Å². The highest BCUT2D eigenvalue weighted by atomic mass is 32.2. The van der Waals surface area contributed by atoms with E-state index in [-0.39, 0.29) is 18.1 Å². The Morgan fingerprint density at radius 3 is 2.62 bits per heavy atom. The van der Waals surface area contributed by atoms with Gasteiger partial charge in [0.15, 0.2) is 5.82 Å². The van der Waals surface area contributed by atoms with E-state index in [1.54, 1.807) is 16.6 Å². The van der Waals surface area contributed by atoms with Gasteiger partial charge in [-0.3, -0.25) is 0 Å². The second-order valence-corrected chi connectivity index (χ2v) is 9.04. The molecule has 0 unspecified atom stereocenters. The maximum absolute atomic E-state index is 13.4. The fourth-order valence-corrected chi connectivity index (χ4v) is 4.83. The molecule has 0 aliphatic heterocycles. The third-order valence-electron chi connectivity index (χ3n) is 4.21. The van der Waals surface area contributed by atoms with Crippen molar-refractivity contribution in [2.75, 3.05) is 6.54 Å². The van der Waals surface area contributed by atoms with Crippen LogP contribution in [0.4, 0.5) is 8.78 Å². The van der Waals surface area contributed by atoms with Crippen molar-refractivity contribution < 1.29 is 17.2 Å². The number of sulfonamides is 1. The van der Waals surface area contributed by atoms with Crippen molar-refractivity contribution in [3.63, 3.8) is 0 Å². The number of aromatic nitrogens is 3. The van der Waals surface area contributed by atoms with Gasteiger partial charge in [-0.05, 0) is 29.8 Å². The quantitative estimate of drug-likeness (QED) is 0.484. The summed E-state index contributed by atoms with van der Waals surface area (Å²) < 4.78 is 55.0. The third-order valence-corrected chi connectivity index (χ3v) is 6.43. The van der Waals surface area contributed by atoms with E-state index < -0.39 is 15.8 Å². The highest BCUT2D eigenvalue weighted by Crippen LogP contribution is 2.21. The number of fused-ring (bicyclic) bond motifs is 1. The average molecular weight is 434 g/mol. The highest BCUT2D eigenvalue weighted by Gasteiger charge is 2.14. The number of hydrogen-bond acceptors (Lipinski definition) is 5. The lowest BCUT2D eigenvalue weighted by Crippen LogP contribution is -2.27. The van der Waals surface area contributed by atoms with Gasteiger partial charge in [0.1, 0.15) is 11.6 Å². The van der Waals surface area contributed by atoms with E-state index in [0.717, 1.165) is 5.69 Å². The van der Waals surface area contributed by atoms with Gasteiger partial charge in [0.2, 0.25) is 15.0 Å². The maximum atomic E-state index is 13.4. The van der Waals surface area contributed by atoms with Gasteiger partial charge >= 0.3 is 0 Å². The minimum atomic E-state index is -3.55. The van der Waals surface area contributed by atoms with Crippen LogP contribution in [-0.4, -0.2) is 29.6 Å². The van der Waals surface area contributed by atoms with Crippen LogP contribution in [0.1, 0.15) is 11.3 Å². The van der Waals surface area contributed by atoms with Gasteiger partial charge in [0.05, 0.1) is 11.4 Å². The van der Waals surface area contributed by atoms with Crippen LogP contribution in [0.3, 0.4) is 0 Å². The lowest BCUT2D eigenvalue weighted by atomic mass is 10.2. The molecule has 0 saturated heterocycles. The molecule has 4 rings (SSSR count). The zero-order chi connectivity index (χ0) is 20.4. The summed E-state index contributed by atoms with van der Waals surface area (Å²) in [6.07, 6.45) is 0.411. The van der Waals surface area contributed by atoms with E-state index in [2.05, 4.69) is 14.8 Å². The summed E-state index contributed by atoms with van der Waals surface area (Å²) in [4.78, 5) is 5.05. The second-order valence-electron chi connectivity index (χ2n) is 6.40. The summed E-state index contributed by atoms with van der Waals surface area (Å²) in [5.41, 5.74) is 1.88. The summed E-state index contributed by atoms with van der Waals surface area (Å²) in [6, 6.07) is 11.4. The monoisotopic (exact) mass is 434 g/mol. The Hall–Kier alpha value is -2.69. The molecule has 0 bridgehead atoms. The van der Waals surface area contributed by atoms with E-state index in [9.17, 15) is 17.2 Å². The number of hydrogen-bond donors (Lipinski definition) is 1. The molecule has 2 aromatic heterocycles. The summed E-state index contributed by atoms with van der Waals surface area (Å²) in [6.45, 7) is 0.185. The molecule has 150 valence electrons. The first-order valence-corrected chi connectivity index (χ1v) is 11.2. The van der Waals surface area contributed by atoms with Crippen molar-refractivity contribution in [2.45, 2.75) is 12.2 Å². The molecule has 0 saturated carbocycles. The molecule has 29 heavy (non-hydrogen) atoms. The predicted molar refractivity (Wildman–Crippen MR) is 107 cm³/mol. The first-order valence-electron chi connectivity index (χ1n) is 8.70. The molecule has 2 heterocycles. The number of rotatable bonds is 7. The van der Waals surface area contributed by atoms with Crippen LogP contribution in [0.25, 0.3) is 16.3 Å². The number of halogens is 2. The van der Waals surface area contributed by atoms with Crippen LogP contribution in [0, 0.1) is 11.6 Å². The minimum Gasteiger partial charge on any atom is -0.215 e. The summed E-state index contributed by atoms with van der Waals surface area (Å²) in [5, 5.41) is 6.27. The van der Waals surface area contributed by atoms with Crippen LogP contribution in [0.15, 0.2) is 53.9 Å². The predicted octanol–water partition coefficient (Wildman–Crippen LogP) is 3.40. The zero-order valence-corrected chi connectivity index (χ0v) is 16.7. The molecule has 0 atom stereocenters. The molecular weight excluding hydrogens is 418 g/mol. The molecular formula is C19H16F2N4O2S2. The lowest BCUT2D eigenvalue weighted by Gasteiger charge is -2.06. The van der Waals surface area contributed by atoms with Gasteiger partial charge in [-0.2, -0.15) is 4.98 Å². The Labute approximate surface area is 169 Å². The molecule has 0 amide bonds. The smallest absolute Gasteiger partial charge is 0.215 e. The maximum Gasteiger partial charge on any atom is 0.215 e. The van der Waals surface area contributed by atoms with Crippen LogP contribution < -0.4 is 4.72 Å². The van der Waals surface area contributed by atoms with Crippen LogP contribution in [-0.2, 0) is 22.2 Å². The Morgan fingerprint density at radius 1 is 1.07 bits per heavy atom. The van der Waals surface area contributed by atoms with Crippen molar-refractivity contribution in [3.8, 4) is 11.4 Å². The number of nitrogens with one attached hydrogen (secondary N) is 1. The van der Waals surface area contributed by atoms with Gasteiger partial charge < -0.3 is 0 Å². The topological polar surface area (TPSA) is 76.4 Å². The zero-order valence-electron chi connectivity index (χ0n) is 15.0. The molecule has 1 N–H and O–H groups in total. The summed E-state index contributed by atoms with van der Waals surface area (Å²) >= 11 is 1.38. The second kappa shape index (κ2) is 7.97. The van der Waals surface area contributed by atoms with Gasteiger partial charge in [-0.25, -0.2) is 26.4 Å². The molecule has 4 aromatic rings. The van der Waals surface area contributed by atoms with Gasteiger partial charge in [0.25, 0.3) is 0 Å². The van der Waals surface area contributed by atoms with Gasteiger partial charge in [-0.15, -0.1) is 16.4 Å². The fraction of sp³-hybridized carbons (Fsp3) is 0.158. The Morgan fingerprint density at radius 2 is 1.86 bits per heavy atom. The van der Waals surface area contributed by atoms with Crippen molar-refractivity contribution in [1.29, 1.82) is 0 Å². The Bertz CT molecular complexity index is 1250. The van der Waals surface area contributed by atoms with E-state index in [0.29, 0.717) is 28.3 Å². The molecule has 0 spiro atoms. The van der Waals surface area contributed by atoms with Crippen molar-refractivity contribution >= 4 is 26.3 Å². The molecule has 0 aliphatic carbocycles. The summed E-state index contributed by atoms with van der Waals surface area (Å²) in [7, 11) is -3.55. The van der Waals surface area contributed by atoms with E-state index in [1.165, 1.54) is 47.7 Å². The molecule has 0 aliphatic rings. The number of thiazole rings is 1. The fourth-order valence-electron chi connectivity index (χ4n) is 2.83. The third kappa shape index (κ3) is 4.66. The van der Waals surface area contributed by atoms with Crippen molar-refractivity contribution in [2.24, 2.45) is 0 Å². The molecule has 0 fully saturated rings. The highest BCUT2D eigenvalue weighted by molar-refractivity contribution is 7.88. The minimum absolute atomic E-state index is 0.185. The standard InChI is InChI=1S/C19H16F2N4O2S2/c20-15-6-4-13(5-7-15)12-29(26,27)22-9-8-17-11-28-19-23-18(24-25(17)19)14-2-1-3-16(21)10-14/h1-7,10-11,22H,8-9,12H2. The number of benzene rings is 2. The van der Waals surface area contributed by atoms with E-state index in [1.807, 2.05) is 5.38 Å². The molecule has 10 heteroatoms. The largest absolute Gasteiger partial charge is 0.215 e. The Balaban J connectivity index is 1.42. The first-order chi connectivity index (χ1) is 13.9. The molecule has 0 radical (unpaired) electrons. The average Bonchev–Trinajstić information content (AvgIpc) is 3.25. The Kier molecular flexibility index (Phi) is 5.39. The van der Waals surface area contributed by atoms with E-state index in [4.69, 9.17) is 0 Å². The number of nitrogens with zero attached hydrogens (tertiary/aromatic N) is 3. The first kappa shape index (κ1) is 19.6. The van der Waals surface area contributed by atoms with Gasteiger partial charge in [-0.1, -0.05) is 24.3 Å². The van der Waals surface area contributed by atoms with Gasteiger partial charge in [0, 0.05) is 23.9 Å². The van der Waals surface area contributed by atoms with Crippen LogP contribution in [0.2, 0.25) is 0 Å².